The quantitative estimate of drug-likeness (QED) is 0.823. The van der Waals surface area contributed by atoms with Crippen molar-refractivity contribution in [2.45, 2.75) is 6.42 Å². The average Bonchev–Trinajstić information content (AvgIpc) is 2.17. The monoisotopic (exact) mass is 368 g/mol. The number of halogens is 1. The van der Waals surface area contributed by atoms with Crippen molar-refractivity contribution in [1.29, 1.82) is 0 Å². The Bertz CT molecular complexity index is 514. The van der Waals surface area contributed by atoms with E-state index in [0.717, 1.165) is 9.99 Å². The molecule has 0 radical (unpaired) electrons. The van der Waals surface area contributed by atoms with Crippen molar-refractivity contribution in [2.75, 3.05) is 24.9 Å². The van der Waals surface area contributed by atoms with Gasteiger partial charge < -0.3 is 4.74 Å². The van der Waals surface area contributed by atoms with Crippen LogP contribution in [0.25, 0.3) is 0 Å². The largest absolute Gasteiger partial charge is 0.495 e. The van der Waals surface area contributed by atoms with E-state index in [-0.39, 0.29) is 0 Å². The summed E-state index contributed by atoms with van der Waals surface area (Å²) >= 11 is 2.15. The third-order valence-corrected chi connectivity index (χ3v) is 4.75. The lowest BCUT2D eigenvalue weighted by atomic mass is 10.3. The Balaban J connectivity index is 2.23. The number of rotatable bonds is 4. The van der Waals surface area contributed by atoms with Gasteiger partial charge in [-0.1, -0.05) is 0 Å². The van der Waals surface area contributed by atoms with Crippen molar-refractivity contribution in [1.82, 2.24) is 4.31 Å². The van der Waals surface area contributed by atoms with Gasteiger partial charge in [0.2, 0.25) is 0 Å². The highest BCUT2D eigenvalue weighted by molar-refractivity contribution is 14.1. The van der Waals surface area contributed by atoms with E-state index in [1.807, 2.05) is 6.07 Å². The molecule has 0 bridgehead atoms. The van der Waals surface area contributed by atoms with Crippen molar-refractivity contribution in [2.24, 2.45) is 0 Å². The van der Waals surface area contributed by atoms with Crippen molar-refractivity contribution in [3.05, 3.63) is 21.8 Å². The summed E-state index contributed by atoms with van der Waals surface area (Å²) in [4.78, 5) is 0. The maximum absolute atomic E-state index is 11.9. The summed E-state index contributed by atoms with van der Waals surface area (Å²) in [7, 11) is -1.90. The van der Waals surface area contributed by atoms with E-state index in [1.54, 1.807) is 12.1 Å². The van der Waals surface area contributed by atoms with Gasteiger partial charge in [-0.05, 0) is 47.2 Å². The molecule has 17 heavy (non-hydrogen) atoms. The van der Waals surface area contributed by atoms with Gasteiger partial charge in [0, 0.05) is 16.7 Å². The first-order valence-electron chi connectivity index (χ1n) is 5.14. The third-order valence-electron chi connectivity index (χ3n) is 2.56. The molecule has 1 aromatic rings. The number of anilines is 1. The number of ether oxygens (including phenoxy) is 1. The van der Waals surface area contributed by atoms with Crippen LogP contribution in [0.1, 0.15) is 6.42 Å². The first-order chi connectivity index (χ1) is 8.03. The van der Waals surface area contributed by atoms with E-state index in [4.69, 9.17) is 4.74 Å². The van der Waals surface area contributed by atoms with Crippen molar-refractivity contribution < 1.29 is 13.2 Å². The minimum Gasteiger partial charge on any atom is -0.495 e. The molecule has 0 unspecified atom stereocenters. The van der Waals surface area contributed by atoms with E-state index in [2.05, 4.69) is 27.3 Å². The predicted molar refractivity (Wildman–Crippen MR) is 74.4 cm³/mol. The van der Waals surface area contributed by atoms with Gasteiger partial charge >= 0.3 is 10.2 Å². The standard InChI is InChI=1S/C10H13IN2O3S/c1-16-10-7-8(11)3-4-9(10)12-17(14,15)13-5-2-6-13/h3-4,7,12H,2,5-6H2,1H3. The second kappa shape index (κ2) is 4.99. The van der Waals surface area contributed by atoms with Crippen LogP contribution in [0.15, 0.2) is 18.2 Å². The molecule has 7 heteroatoms. The Morgan fingerprint density at radius 1 is 1.41 bits per heavy atom. The second-order valence-electron chi connectivity index (χ2n) is 3.70. The lowest BCUT2D eigenvalue weighted by Crippen LogP contribution is -2.45. The summed E-state index contributed by atoms with van der Waals surface area (Å²) in [6.07, 6.45) is 0.921. The fourth-order valence-electron chi connectivity index (χ4n) is 1.48. The number of nitrogens with zero attached hydrogens (tertiary/aromatic N) is 1. The zero-order valence-electron chi connectivity index (χ0n) is 9.31. The van der Waals surface area contributed by atoms with E-state index in [0.29, 0.717) is 24.5 Å². The van der Waals surface area contributed by atoms with Crippen molar-refractivity contribution >= 4 is 38.5 Å². The van der Waals surface area contributed by atoms with Crippen LogP contribution in [-0.2, 0) is 10.2 Å². The number of benzene rings is 1. The molecule has 94 valence electrons. The number of nitrogens with one attached hydrogen (secondary N) is 1. The van der Waals surface area contributed by atoms with E-state index >= 15 is 0 Å². The fraction of sp³-hybridized carbons (Fsp3) is 0.400. The van der Waals surface area contributed by atoms with Gasteiger partial charge in [-0.25, -0.2) is 0 Å². The molecule has 1 aliphatic heterocycles. The molecular formula is C10H13IN2O3S. The summed E-state index contributed by atoms with van der Waals surface area (Å²) < 4.78 is 33.9. The lowest BCUT2D eigenvalue weighted by Gasteiger charge is -2.30. The summed E-state index contributed by atoms with van der Waals surface area (Å²) in [5.41, 5.74) is 0.472. The molecule has 1 fully saturated rings. The Morgan fingerprint density at radius 3 is 2.65 bits per heavy atom. The van der Waals surface area contributed by atoms with Crippen LogP contribution in [0.4, 0.5) is 5.69 Å². The molecule has 1 saturated heterocycles. The van der Waals surface area contributed by atoms with E-state index in [1.165, 1.54) is 11.4 Å². The summed E-state index contributed by atoms with van der Waals surface area (Å²) in [6, 6.07) is 5.32. The van der Waals surface area contributed by atoms with Crippen LogP contribution in [0.5, 0.6) is 5.75 Å². The van der Waals surface area contributed by atoms with Gasteiger partial charge in [0.05, 0.1) is 12.8 Å². The van der Waals surface area contributed by atoms with Crippen LogP contribution in [0.3, 0.4) is 0 Å². The highest BCUT2D eigenvalue weighted by Gasteiger charge is 2.28. The van der Waals surface area contributed by atoms with Crippen LogP contribution in [0, 0.1) is 3.57 Å². The smallest absolute Gasteiger partial charge is 0.301 e. The molecule has 0 aromatic heterocycles. The topological polar surface area (TPSA) is 58.6 Å². The molecule has 5 nitrogen and oxygen atoms in total. The summed E-state index contributed by atoms with van der Waals surface area (Å²) in [5, 5.41) is 0. The highest BCUT2D eigenvalue weighted by Crippen LogP contribution is 2.28. The van der Waals surface area contributed by atoms with Crippen molar-refractivity contribution in [3.63, 3.8) is 0 Å². The van der Waals surface area contributed by atoms with Gasteiger partial charge in [-0.2, -0.15) is 12.7 Å². The zero-order valence-corrected chi connectivity index (χ0v) is 12.3. The first-order valence-corrected chi connectivity index (χ1v) is 7.66. The van der Waals surface area contributed by atoms with Gasteiger partial charge in [-0.3, -0.25) is 4.72 Å². The van der Waals surface area contributed by atoms with Crippen LogP contribution >= 0.6 is 22.6 Å². The Kier molecular flexibility index (Phi) is 3.79. The summed E-state index contributed by atoms with van der Waals surface area (Å²) in [6.45, 7) is 1.17. The summed E-state index contributed by atoms with van der Waals surface area (Å²) in [5.74, 6) is 0.529. The molecule has 1 aromatic carbocycles. The molecule has 1 aliphatic rings. The SMILES string of the molecule is COc1cc(I)ccc1NS(=O)(=O)N1CCC1. The molecule has 0 amide bonds. The lowest BCUT2D eigenvalue weighted by molar-refractivity contribution is 0.311. The molecule has 1 N–H and O–H groups in total. The van der Waals surface area contributed by atoms with Crippen molar-refractivity contribution in [3.8, 4) is 5.75 Å². The van der Waals surface area contributed by atoms with Crippen LogP contribution in [0.2, 0.25) is 0 Å². The van der Waals surface area contributed by atoms with E-state index in [9.17, 15) is 8.42 Å². The van der Waals surface area contributed by atoms with Crippen LogP contribution < -0.4 is 9.46 Å². The molecule has 0 aliphatic carbocycles. The Labute approximate surface area is 114 Å². The molecular weight excluding hydrogens is 355 g/mol. The molecule has 2 rings (SSSR count). The molecule has 0 spiro atoms. The Hall–Kier alpha value is -0.540. The normalized spacial score (nSPS) is 16.4. The zero-order chi connectivity index (χ0) is 12.5. The predicted octanol–water partition coefficient (Wildman–Crippen LogP) is 1.66. The van der Waals surface area contributed by atoms with Gasteiger partial charge in [0.1, 0.15) is 5.75 Å². The van der Waals surface area contributed by atoms with Gasteiger partial charge in [0.25, 0.3) is 0 Å². The number of methoxy groups -OCH3 is 1. The number of hydrogen-bond donors (Lipinski definition) is 1. The number of hydrogen-bond acceptors (Lipinski definition) is 3. The fourth-order valence-corrected chi connectivity index (χ4v) is 3.26. The minimum absolute atomic E-state index is 0.472. The third kappa shape index (κ3) is 2.83. The minimum atomic E-state index is -3.42. The van der Waals surface area contributed by atoms with Gasteiger partial charge in [0.15, 0.2) is 0 Å². The maximum Gasteiger partial charge on any atom is 0.301 e. The molecule has 0 saturated carbocycles. The molecule has 1 heterocycles. The highest BCUT2D eigenvalue weighted by atomic mass is 127. The van der Waals surface area contributed by atoms with E-state index < -0.39 is 10.2 Å². The first kappa shape index (κ1) is 12.9. The maximum atomic E-state index is 11.9. The molecule has 0 atom stereocenters. The average molecular weight is 368 g/mol. The van der Waals surface area contributed by atoms with Crippen LogP contribution in [-0.4, -0.2) is 32.9 Å². The second-order valence-corrected chi connectivity index (χ2v) is 6.62. The Morgan fingerprint density at radius 2 is 2.12 bits per heavy atom. The van der Waals surface area contributed by atoms with Gasteiger partial charge in [-0.15, -0.1) is 0 Å².